The topological polar surface area (TPSA) is 46.2 Å². The Balaban J connectivity index is 2.85. The van der Waals surface area contributed by atoms with E-state index in [4.69, 9.17) is 5.73 Å². The lowest BCUT2D eigenvalue weighted by Crippen LogP contribution is -2.10. The third-order valence-corrected chi connectivity index (χ3v) is 2.70. The molecule has 0 aliphatic rings. The molecule has 15 heavy (non-hydrogen) atoms. The predicted octanol–water partition coefficient (Wildman–Crippen LogP) is 2.06. The Morgan fingerprint density at radius 3 is 2.53 bits per heavy atom. The summed E-state index contributed by atoms with van der Waals surface area (Å²) in [6.07, 6.45) is 1.44. The van der Waals surface area contributed by atoms with Crippen molar-refractivity contribution in [2.75, 3.05) is 6.54 Å². The quantitative estimate of drug-likeness (QED) is 0.776. The highest BCUT2D eigenvalue weighted by molar-refractivity contribution is 5.30. The minimum atomic E-state index is -0.281. The van der Waals surface area contributed by atoms with E-state index in [1.54, 1.807) is 0 Å². The molecule has 0 spiro atoms. The maximum Gasteiger partial charge on any atom is 0.0552 e. The van der Waals surface area contributed by atoms with Crippen LogP contribution in [0, 0.1) is 0 Å². The molecule has 0 aromatic heterocycles. The summed E-state index contributed by atoms with van der Waals surface area (Å²) in [6, 6.07) is 8.30. The summed E-state index contributed by atoms with van der Waals surface area (Å²) in [5.74, 6) is 0.477. The second-order valence-electron chi connectivity index (χ2n) is 4.23. The third-order valence-electron chi connectivity index (χ3n) is 2.70. The minimum absolute atomic E-state index is 0.281. The molecule has 0 radical (unpaired) electrons. The molecule has 1 aromatic carbocycles. The van der Waals surface area contributed by atoms with Crippen molar-refractivity contribution in [3.05, 3.63) is 35.4 Å². The first kappa shape index (κ1) is 12.2. The highest BCUT2D eigenvalue weighted by Crippen LogP contribution is 2.23. The highest BCUT2D eigenvalue weighted by Gasteiger charge is 2.10. The van der Waals surface area contributed by atoms with E-state index < -0.39 is 0 Å². The average molecular weight is 207 g/mol. The van der Waals surface area contributed by atoms with Crippen molar-refractivity contribution in [1.82, 2.24) is 0 Å². The lowest BCUT2D eigenvalue weighted by molar-refractivity contribution is 0.195. The van der Waals surface area contributed by atoms with Crippen LogP contribution in [0.25, 0.3) is 0 Å². The summed E-state index contributed by atoms with van der Waals surface area (Å²) >= 11 is 0. The van der Waals surface area contributed by atoms with E-state index in [1.165, 1.54) is 11.1 Å². The van der Waals surface area contributed by atoms with Crippen LogP contribution < -0.4 is 5.73 Å². The smallest absolute Gasteiger partial charge is 0.0552 e. The molecule has 0 saturated heterocycles. The van der Waals surface area contributed by atoms with Gasteiger partial charge in [-0.15, -0.1) is 0 Å². The van der Waals surface area contributed by atoms with E-state index in [1.807, 2.05) is 19.1 Å². The second kappa shape index (κ2) is 5.89. The van der Waals surface area contributed by atoms with Crippen molar-refractivity contribution in [1.29, 1.82) is 0 Å². The fourth-order valence-corrected chi connectivity index (χ4v) is 1.92. The van der Waals surface area contributed by atoms with Crippen LogP contribution in [0.4, 0.5) is 0 Å². The number of rotatable bonds is 5. The fourth-order valence-electron chi connectivity index (χ4n) is 1.92. The number of aliphatic hydroxyl groups is 1. The van der Waals surface area contributed by atoms with Crippen LogP contribution >= 0.6 is 0 Å². The molecule has 2 unspecified atom stereocenters. The normalized spacial score (nSPS) is 14.9. The van der Waals surface area contributed by atoms with Crippen LogP contribution in [0.15, 0.2) is 24.3 Å². The summed E-state index contributed by atoms with van der Waals surface area (Å²) < 4.78 is 0. The number of aliphatic hydroxyl groups excluding tert-OH is 1. The summed E-state index contributed by atoms with van der Waals surface area (Å²) in [7, 11) is 0. The molecule has 0 heterocycles. The SMILES string of the molecule is CC(O)Cc1ccccc1C(C)CCN. The standard InChI is InChI=1S/C13H21NO/c1-10(7-8-14)13-6-4-3-5-12(13)9-11(2)15/h3-6,10-11,15H,7-9,14H2,1-2H3. The van der Waals surface area contributed by atoms with Crippen molar-refractivity contribution in [2.45, 2.75) is 38.7 Å². The van der Waals surface area contributed by atoms with Gasteiger partial charge in [0.05, 0.1) is 6.10 Å². The van der Waals surface area contributed by atoms with Crippen LogP contribution in [0.1, 0.15) is 37.3 Å². The van der Waals surface area contributed by atoms with Crippen molar-refractivity contribution in [2.24, 2.45) is 5.73 Å². The average Bonchev–Trinajstić information content (AvgIpc) is 2.18. The van der Waals surface area contributed by atoms with E-state index in [9.17, 15) is 5.11 Å². The molecular weight excluding hydrogens is 186 g/mol. The van der Waals surface area contributed by atoms with E-state index in [0.717, 1.165) is 12.8 Å². The van der Waals surface area contributed by atoms with E-state index in [0.29, 0.717) is 12.5 Å². The Kier molecular flexibility index (Phi) is 4.79. The molecule has 2 nitrogen and oxygen atoms in total. The van der Waals surface area contributed by atoms with Crippen LogP contribution in [0.3, 0.4) is 0 Å². The van der Waals surface area contributed by atoms with Gasteiger partial charge in [-0.05, 0) is 43.4 Å². The van der Waals surface area contributed by atoms with Gasteiger partial charge in [-0.2, -0.15) is 0 Å². The molecule has 2 atom stereocenters. The fraction of sp³-hybridized carbons (Fsp3) is 0.538. The van der Waals surface area contributed by atoms with Crippen molar-refractivity contribution < 1.29 is 5.11 Å². The zero-order chi connectivity index (χ0) is 11.3. The Bertz CT molecular complexity index is 296. The number of hydrogen-bond donors (Lipinski definition) is 2. The first-order valence-corrected chi connectivity index (χ1v) is 5.61. The second-order valence-corrected chi connectivity index (χ2v) is 4.23. The summed E-state index contributed by atoms with van der Waals surface area (Å²) in [5, 5.41) is 9.42. The Labute approximate surface area is 92.1 Å². The first-order valence-electron chi connectivity index (χ1n) is 5.61. The molecular formula is C13H21NO. The molecule has 0 amide bonds. The third kappa shape index (κ3) is 3.65. The van der Waals surface area contributed by atoms with Gasteiger partial charge in [0.25, 0.3) is 0 Å². The molecule has 0 fully saturated rings. The maximum atomic E-state index is 9.42. The van der Waals surface area contributed by atoms with Gasteiger partial charge >= 0.3 is 0 Å². The summed E-state index contributed by atoms with van der Waals surface area (Å²) in [6.45, 7) is 4.72. The monoisotopic (exact) mass is 207 g/mol. The zero-order valence-corrected chi connectivity index (χ0v) is 9.61. The van der Waals surface area contributed by atoms with Crippen molar-refractivity contribution >= 4 is 0 Å². The Morgan fingerprint density at radius 1 is 1.27 bits per heavy atom. The summed E-state index contributed by atoms with van der Waals surface area (Å²) in [5.41, 5.74) is 8.14. The maximum absolute atomic E-state index is 9.42. The lowest BCUT2D eigenvalue weighted by atomic mass is 9.91. The zero-order valence-electron chi connectivity index (χ0n) is 9.61. The van der Waals surface area contributed by atoms with Crippen molar-refractivity contribution in [3.8, 4) is 0 Å². The van der Waals surface area contributed by atoms with E-state index in [2.05, 4.69) is 19.1 Å². The molecule has 0 bridgehead atoms. The van der Waals surface area contributed by atoms with Gasteiger partial charge in [-0.25, -0.2) is 0 Å². The number of benzene rings is 1. The van der Waals surface area contributed by atoms with Crippen LogP contribution in [0.5, 0.6) is 0 Å². The van der Waals surface area contributed by atoms with Crippen molar-refractivity contribution in [3.63, 3.8) is 0 Å². The molecule has 3 N–H and O–H groups in total. The van der Waals surface area contributed by atoms with Gasteiger partial charge in [-0.1, -0.05) is 31.2 Å². The highest BCUT2D eigenvalue weighted by atomic mass is 16.3. The number of hydrogen-bond acceptors (Lipinski definition) is 2. The molecule has 0 aliphatic heterocycles. The molecule has 0 aliphatic carbocycles. The lowest BCUT2D eigenvalue weighted by Gasteiger charge is -2.16. The van der Waals surface area contributed by atoms with Crippen LogP contribution in [-0.4, -0.2) is 17.8 Å². The molecule has 0 saturated carbocycles. The van der Waals surface area contributed by atoms with E-state index >= 15 is 0 Å². The van der Waals surface area contributed by atoms with Crippen LogP contribution in [-0.2, 0) is 6.42 Å². The Morgan fingerprint density at radius 2 is 1.93 bits per heavy atom. The first-order chi connectivity index (χ1) is 7.15. The van der Waals surface area contributed by atoms with Gasteiger partial charge in [0, 0.05) is 0 Å². The van der Waals surface area contributed by atoms with Gasteiger partial charge < -0.3 is 10.8 Å². The van der Waals surface area contributed by atoms with Gasteiger partial charge in [0.1, 0.15) is 0 Å². The van der Waals surface area contributed by atoms with Gasteiger partial charge in [-0.3, -0.25) is 0 Å². The molecule has 84 valence electrons. The van der Waals surface area contributed by atoms with Gasteiger partial charge in [0.15, 0.2) is 0 Å². The largest absolute Gasteiger partial charge is 0.393 e. The molecule has 1 rings (SSSR count). The molecule has 1 aromatic rings. The Hall–Kier alpha value is -0.860. The number of nitrogens with two attached hydrogens (primary N) is 1. The minimum Gasteiger partial charge on any atom is -0.393 e. The van der Waals surface area contributed by atoms with E-state index in [-0.39, 0.29) is 6.10 Å². The van der Waals surface area contributed by atoms with Crippen LogP contribution in [0.2, 0.25) is 0 Å². The van der Waals surface area contributed by atoms with Gasteiger partial charge in [0.2, 0.25) is 0 Å². The summed E-state index contributed by atoms with van der Waals surface area (Å²) in [4.78, 5) is 0. The molecule has 2 heteroatoms. The predicted molar refractivity (Wildman–Crippen MR) is 63.9 cm³/mol.